The van der Waals surface area contributed by atoms with Crippen LogP contribution in [0.4, 0.5) is 13.2 Å². The van der Waals surface area contributed by atoms with E-state index in [9.17, 15) is 18.0 Å². The molecule has 0 unspecified atom stereocenters. The van der Waals surface area contributed by atoms with Gasteiger partial charge in [-0.3, -0.25) is 4.79 Å². The van der Waals surface area contributed by atoms with Crippen LogP contribution in [0.2, 0.25) is 0 Å². The van der Waals surface area contributed by atoms with E-state index in [0.29, 0.717) is 17.5 Å². The Hall–Kier alpha value is -2.05. The van der Waals surface area contributed by atoms with Crippen LogP contribution in [0, 0.1) is 12.8 Å². The van der Waals surface area contributed by atoms with Crippen LogP contribution in [-0.4, -0.2) is 30.9 Å². The van der Waals surface area contributed by atoms with Gasteiger partial charge in [-0.25, -0.2) is 0 Å². The molecule has 1 saturated heterocycles. The molecule has 0 spiro atoms. The van der Waals surface area contributed by atoms with Crippen LogP contribution in [0.5, 0.6) is 0 Å². The fraction of sp³-hybridized carbons (Fsp3) is 0.409. The first kappa shape index (κ1) is 23.2. The van der Waals surface area contributed by atoms with E-state index in [0.717, 1.165) is 30.8 Å². The Labute approximate surface area is 175 Å². The van der Waals surface area contributed by atoms with Crippen LogP contribution < -0.4 is 5.32 Å². The van der Waals surface area contributed by atoms with Crippen molar-refractivity contribution in [3.05, 3.63) is 70.8 Å². The predicted molar refractivity (Wildman–Crippen MR) is 110 cm³/mol. The molecule has 29 heavy (non-hydrogen) atoms. The van der Waals surface area contributed by atoms with Crippen molar-refractivity contribution in [2.75, 3.05) is 20.1 Å². The zero-order valence-corrected chi connectivity index (χ0v) is 17.3. The summed E-state index contributed by atoms with van der Waals surface area (Å²) in [5.41, 5.74) is 1.46. The summed E-state index contributed by atoms with van der Waals surface area (Å²) in [4.78, 5) is 14.7. The summed E-state index contributed by atoms with van der Waals surface area (Å²) in [6.07, 6.45) is -3.68. The third-order valence-corrected chi connectivity index (χ3v) is 5.29. The number of piperidine rings is 1. The van der Waals surface area contributed by atoms with Crippen molar-refractivity contribution in [3.8, 4) is 0 Å². The molecule has 158 valence electrons. The number of nitrogens with zero attached hydrogens (tertiary/aromatic N) is 1. The number of hydrogen-bond donors (Lipinski definition) is 1. The van der Waals surface area contributed by atoms with Crippen LogP contribution in [0.25, 0.3) is 0 Å². The molecule has 1 aliphatic rings. The van der Waals surface area contributed by atoms with Crippen molar-refractivity contribution in [1.29, 1.82) is 0 Å². The molecule has 0 radical (unpaired) electrons. The lowest BCUT2D eigenvalue weighted by atomic mass is 9.80. The van der Waals surface area contributed by atoms with Crippen LogP contribution in [0.3, 0.4) is 0 Å². The highest BCUT2D eigenvalue weighted by Gasteiger charge is 2.34. The van der Waals surface area contributed by atoms with Crippen LogP contribution in [0.15, 0.2) is 48.5 Å². The first-order valence-electron chi connectivity index (χ1n) is 9.44. The lowest BCUT2D eigenvalue weighted by Gasteiger charge is -2.34. The predicted octanol–water partition coefficient (Wildman–Crippen LogP) is 4.79. The highest BCUT2D eigenvalue weighted by Crippen LogP contribution is 2.32. The zero-order valence-electron chi connectivity index (χ0n) is 16.5. The molecule has 0 aromatic heterocycles. The lowest BCUT2D eigenvalue weighted by molar-refractivity contribution is -0.137. The fourth-order valence-electron chi connectivity index (χ4n) is 3.96. The summed E-state index contributed by atoms with van der Waals surface area (Å²) < 4.78 is 39.3. The number of rotatable bonds is 4. The van der Waals surface area contributed by atoms with E-state index in [1.807, 2.05) is 30.3 Å². The summed E-state index contributed by atoms with van der Waals surface area (Å²) in [5, 5.41) is 3.34. The molecular formula is C22H26ClF3N2O. The number of carbonyl (C=O) groups excluding carboxylic acids is 1. The second kappa shape index (κ2) is 9.63. The van der Waals surface area contributed by atoms with Crippen LogP contribution >= 0.6 is 12.4 Å². The number of nitrogens with one attached hydrogen (secondary N) is 1. The molecular weight excluding hydrogens is 401 g/mol. The van der Waals surface area contributed by atoms with Gasteiger partial charge in [-0.2, -0.15) is 13.2 Å². The molecule has 3 rings (SSSR count). The van der Waals surface area contributed by atoms with Gasteiger partial charge >= 0.3 is 6.18 Å². The first-order valence-corrected chi connectivity index (χ1v) is 9.44. The van der Waals surface area contributed by atoms with E-state index >= 15 is 0 Å². The van der Waals surface area contributed by atoms with Crippen molar-refractivity contribution >= 4 is 18.3 Å². The van der Waals surface area contributed by atoms with Gasteiger partial charge in [0.2, 0.25) is 5.91 Å². The molecule has 7 heteroatoms. The normalized spacial score (nSPS) is 19.3. The Bertz CT molecular complexity index is 827. The number of aryl methyl sites for hydroxylation is 1. The maximum Gasteiger partial charge on any atom is 0.416 e. The quantitative estimate of drug-likeness (QED) is 0.762. The minimum atomic E-state index is -4.39. The maximum absolute atomic E-state index is 13.1. The fourth-order valence-corrected chi connectivity index (χ4v) is 3.96. The number of carbonyl (C=O) groups is 1. The number of amides is 1. The molecule has 3 nitrogen and oxygen atoms in total. The molecule has 0 aliphatic carbocycles. The van der Waals surface area contributed by atoms with Crippen molar-refractivity contribution < 1.29 is 18.0 Å². The summed E-state index contributed by atoms with van der Waals surface area (Å²) >= 11 is 0. The van der Waals surface area contributed by atoms with Gasteiger partial charge < -0.3 is 10.2 Å². The smallest absolute Gasteiger partial charge is 0.341 e. The molecule has 1 fully saturated rings. The van der Waals surface area contributed by atoms with Gasteiger partial charge in [0.1, 0.15) is 0 Å². The van der Waals surface area contributed by atoms with E-state index in [-0.39, 0.29) is 36.7 Å². The summed E-state index contributed by atoms with van der Waals surface area (Å²) in [5.74, 6) is -0.140. The zero-order chi connectivity index (χ0) is 20.3. The monoisotopic (exact) mass is 426 g/mol. The van der Waals surface area contributed by atoms with Crippen molar-refractivity contribution in [2.24, 2.45) is 5.92 Å². The van der Waals surface area contributed by atoms with Gasteiger partial charge in [0.15, 0.2) is 0 Å². The number of halogens is 4. The molecule has 0 saturated carbocycles. The third kappa shape index (κ3) is 5.73. The largest absolute Gasteiger partial charge is 0.416 e. The van der Waals surface area contributed by atoms with Gasteiger partial charge in [-0.15, -0.1) is 12.4 Å². The average Bonchev–Trinajstić information content (AvgIpc) is 2.67. The topological polar surface area (TPSA) is 32.3 Å². The molecule has 2 aromatic carbocycles. The molecule has 2 aromatic rings. The van der Waals surface area contributed by atoms with Crippen molar-refractivity contribution in [1.82, 2.24) is 10.2 Å². The molecule has 1 aliphatic heterocycles. The van der Waals surface area contributed by atoms with E-state index in [1.165, 1.54) is 0 Å². The Balaban J connectivity index is 0.00000300. The Kier molecular flexibility index (Phi) is 7.72. The molecule has 1 heterocycles. The number of hydrogen-bond acceptors (Lipinski definition) is 2. The molecule has 2 atom stereocenters. The lowest BCUT2D eigenvalue weighted by Crippen LogP contribution is -2.43. The second-order valence-electron chi connectivity index (χ2n) is 7.52. The molecule has 1 N–H and O–H groups in total. The van der Waals surface area contributed by atoms with Crippen LogP contribution in [0.1, 0.15) is 34.6 Å². The summed E-state index contributed by atoms with van der Waals surface area (Å²) in [6, 6.07) is 13.9. The van der Waals surface area contributed by atoms with Crippen molar-refractivity contribution in [2.45, 2.75) is 32.0 Å². The van der Waals surface area contributed by atoms with Gasteiger partial charge in [0.25, 0.3) is 0 Å². The highest BCUT2D eigenvalue weighted by molar-refractivity contribution is 5.85. The van der Waals surface area contributed by atoms with Gasteiger partial charge in [-0.1, -0.05) is 42.0 Å². The second-order valence-corrected chi connectivity index (χ2v) is 7.52. The van der Waals surface area contributed by atoms with Crippen LogP contribution in [-0.2, 0) is 17.5 Å². The Morgan fingerprint density at radius 3 is 2.52 bits per heavy atom. The Morgan fingerprint density at radius 1 is 1.17 bits per heavy atom. The summed E-state index contributed by atoms with van der Waals surface area (Å²) in [7, 11) is 1.67. The van der Waals surface area contributed by atoms with E-state index < -0.39 is 11.7 Å². The van der Waals surface area contributed by atoms with Crippen molar-refractivity contribution in [3.63, 3.8) is 0 Å². The minimum Gasteiger partial charge on any atom is -0.341 e. The van der Waals surface area contributed by atoms with E-state index in [1.54, 1.807) is 24.9 Å². The maximum atomic E-state index is 13.1. The average molecular weight is 427 g/mol. The van der Waals surface area contributed by atoms with Gasteiger partial charge in [0.05, 0.1) is 5.56 Å². The summed E-state index contributed by atoms with van der Waals surface area (Å²) in [6.45, 7) is 3.28. The first-order chi connectivity index (χ1) is 13.3. The highest BCUT2D eigenvalue weighted by atomic mass is 35.5. The minimum absolute atomic E-state index is 0. The number of alkyl halides is 3. The Morgan fingerprint density at radius 2 is 1.86 bits per heavy atom. The molecule has 0 bridgehead atoms. The standard InChI is InChI=1S/C22H25F3N2O.ClH/c1-15-10-16(12-18(11-15)22(23,24)25)14-27(2)21(28)19-8-9-26-13-20(19)17-6-4-3-5-7-17;/h3-7,10-12,19-20,26H,8-9,13-14H2,1-2H3;1H/t19-,20+;/m1./s1. The van der Waals surface area contributed by atoms with E-state index in [4.69, 9.17) is 0 Å². The van der Waals surface area contributed by atoms with E-state index in [2.05, 4.69) is 5.32 Å². The third-order valence-electron chi connectivity index (χ3n) is 5.29. The number of benzene rings is 2. The van der Waals surface area contributed by atoms with Gasteiger partial charge in [0, 0.05) is 32.0 Å². The molecule has 1 amide bonds. The SMILES string of the molecule is Cc1cc(CN(C)C(=O)[C@@H]2CCNC[C@H]2c2ccccc2)cc(C(F)(F)F)c1.Cl. The van der Waals surface area contributed by atoms with Gasteiger partial charge in [-0.05, 0) is 43.1 Å².